The summed E-state index contributed by atoms with van der Waals surface area (Å²) in [7, 11) is 0. The second-order valence-corrected chi connectivity index (χ2v) is 6.53. The van der Waals surface area contributed by atoms with Gasteiger partial charge < -0.3 is 9.64 Å². The molecule has 0 radical (unpaired) electrons. The number of nitrogens with zero attached hydrogens (tertiary/aromatic N) is 1. The smallest absolute Gasteiger partial charge is 0.249 e. The Morgan fingerprint density at radius 3 is 2.65 bits per heavy atom. The lowest BCUT2D eigenvalue weighted by Gasteiger charge is -2.24. The van der Waals surface area contributed by atoms with Crippen molar-refractivity contribution in [1.82, 2.24) is 4.90 Å². The molecule has 0 unspecified atom stereocenters. The fraction of sp³-hybridized carbons (Fsp3) is 0.278. The summed E-state index contributed by atoms with van der Waals surface area (Å²) in [6.45, 7) is 1.18. The standard InChI is InChI=1S/C18H18FNO2S/c19-16-8-6-15(7-9-16)18-20(10-11-23-18)17(21)13-22-12-14-4-2-1-3-5-14/h1-9,18H,10-13H2/t18-/m1/s1. The highest BCUT2D eigenvalue weighted by molar-refractivity contribution is 7.99. The second kappa shape index (κ2) is 7.62. The van der Waals surface area contributed by atoms with Crippen molar-refractivity contribution >= 4 is 17.7 Å². The van der Waals surface area contributed by atoms with Gasteiger partial charge in [-0.2, -0.15) is 0 Å². The molecule has 0 aliphatic carbocycles. The molecule has 0 spiro atoms. The van der Waals surface area contributed by atoms with Crippen molar-refractivity contribution < 1.29 is 13.9 Å². The van der Waals surface area contributed by atoms with Gasteiger partial charge in [0.25, 0.3) is 0 Å². The van der Waals surface area contributed by atoms with Crippen LogP contribution in [-0.2, 0) is 16.1 Å². The van der Waals surface area contributed by atoms with Crippen LogP contribution in [0.5, 0.6) is 0 Å². The van der Waals surface area contributed by atoms with Crippen molar-refractivity contribution in [2.45, 2.75) is 12.0 Å². The third-order valence-corrected chi connectivity index (χ3v) is 4.96. The number of benzene rings is 2. The van der Waals surface area contributed by atoms with Gasteiger partial charge in [-0.3, -0.25) is 4.79 Å². The molecule has 0 N–H and O–H groups in total. The van der Waals surface area contributed by atoms with E-state index < -0.39 is 0 Å². The largest absolute Gasteiger partial charge is 0.367 e. The molecule has 0 saturated carbocycles. The SMILES string of the molecule is O=C(COCc1ccccc1)N1CCS[C@@H]1c1ccc(F)cc1. The van der Waals surface area contributed by atoms with Crippen LogP contribution in [-0.4, -0.2) is 29.7 Å². The molecule has 1 fully saturated rings. The van der Waals surface area contributed by atoms with E-state index in [4.69, 9.17) is 4.74 Å². The number of hydrogen-bond donors (Lipinski definition) is 0. The van der Waals surface area contributed by atoms with E-state index in [1.807, 2.05) is 35.2 Å². The molecule has 0 bridgehead atoms. The molecular weight excluding hydrogens is 313 g/mol. The van der Waals surface area contributed by atoms with Crippen molar-refractivity contribution in [2.75, 3.05) is 18.9 Å². The Morgan fingerprint density at radius 2 is 1.91 bits per heavy atom. The summed E-state index contributed by atoms with van der Waals surface area (Å²) in [6, 6.07) is 16.1. The summed E-state index contributed by atoms with van der Waals surface area (Å²) < 4.78 is 18.6. The Morgan fingerprint density at radius 1 is 1.17 bits per heavy atom. The van der Waals surface area contributed by atoms with Gasteiger partial charge >= 0.3 is 0 Å². The first kappa shape index (κ1) is 16.0. The van der Waals surface area contributed by atoms with Gasteiger partial charge in [-0.1, -0.05) is 42.5 Å². The molecule has 1 aliphatic heterocycles. The third-order valence-electron chi connectivity index (χ3n) is 3.70. The molecular formula is C18H18FNO2S. The molecule has 120 valence electrons. The van der Waals surface area contributed by atoms with Gasteiger partial charge in [0, 0.05) is 12.3 Å². The molecule has 1 heterocycles. The Labute approximate surface area is 139 Å². The highest BCUT2D eigenvalue weighted by atomic mass is 32.2. The number of thioether (sulfide) groups is 1. The van der Waals surface area contributed by atoms with Crippen LogP contribution in [0.25, 0.3) is 0 Å². The van der Waals surface area contributed by atoms with Crippen LogP contribution < -0.4 is 0 Å². The molecule has 5 heteroatoms. The number of hydrogen-bond acceptors (Lipinski definition) is 3. The lowest BCUT2D eigenvalue weighted by Crippen LogP contribution is -2.33. The Hall–Kier alpha value is -1.85. The molecule has 3 rings (SSSR count). The number of halogens is 1. The van der Waals surface area contributed by atoms with Gasteiger partial charge in [-0.15, -0.1) is 11.8 Å². The van der Waals surface area contributed by atoms with Crippen LogP contribution in [0.15, 0.2) is 54.6 Å². The molecule has 1 saturated heterocycles. The maximum atomic E-state index is 13.0. The normalized spacial score (nSPS) is 17.4. The summed E-state index contributed by atoms with van der Waals surface area (Å²) in [4.78, 5) is 14.2. The third kappa shape index (κ3) is 4.12. The first-order chi connectivity index (χ1) is 11.2. The van der Waals surface area contributed by atoms with Gasteiger partial charge in [0.05, 0.1) is 6.61 Å². The topological polar surface area (TPSA) is 29.5 Å². The summed E-state index contributed by atoms with van der Waals surface area (Å²) in [5, 5.41) is -0.0524. The molecule has 3 nitrogen and oxygen atoms in total. The van der Waals surface area contributed by atoms with Crippen LogP contribution >= 0.6 is 11.8 Å². The van der Waals surface area contributed by atoms with E-state index in [0.717, 1.165) is 16.9 Å². The second-order valence-electron chi connectivity index (χ2n) is 5.34. The minimum absolute atomic E-state index is 0.0275. The van der Waals surface area contributed by atoms with E-state index >= 15 is 0 Å². The Bertz CT molecular complexity index is 648. The lowest BCUT2D eigenvalue weighted by atomic mass is 10.2. The summed E-state index contributed by atoms with van der Waals surface area (Å²) in [5.74, 6) is 0.591. The zero-order valence-corrected chi connectivity index (χ0v) is 13.5. The van der Waals surface area contributed by atoms with E-state index in [2.05, 4.69) is 0 Å². The minimum Gasteiger partial charge on any atom is -0.367 e. The molecule has 0 aromatic heterocycles. The molecule has 1 amide bonds. The summed E-state index contributed by atoms with van der Waals surface area (Å²) >= 11 is 1.69. The quantitative estimate of drug-likeness (QED) is 0.838. The van der Waals surface area contributed by atoms with Crippen LogP contribution in [0.2, 0.25) is 0 Å². The monoisotopic (exact) mass is 331 g/mol. The fourth-order valence-electron chi connectivity index (χ4n) is 2.54. The maximum absolute atomic E-state index is 13.0. The van der Waals surface area contributed by atoms with Crippen LogP contribution in [0, 0.1) is 5.82 Å². The fourth-order valence-corrected chi connectivity index (χ4v) is 3.82. The highest BCUT2D eigenvalue weighted by Crippen LogP contribution is 2.37. The number of ether oxygens (including phenoxy) is 1. The minimum atomic E-state index is -0.263. The van der Waals surface area contributed by atoms with Crippen LogP contribution in [0.1, 0.15) is 16.5 Å². The van der Waals surface area contributed by atoms with Crippen LogP contribution in [0.3, 0.4) is 0 Å². The van der Waals surface area contributed by atoms with E-state index in [0.29, 0.717) is 13.2 Å². The summed E-state index contributed by atoms with van der Waals surface area (Å²) in [6.07, 6.45) is 0. The van der Waals surface area contributed by atoms with Gasteiger partial charge in [0.1, 0.15) is 17.8 Å². The van der Waals surface area contributed by atoms with Gasteiger partial charge in [0.15, 0.2) is 0 Å². The molecule has 2 aromatic carbocycles. The summed E-state index contributed by atoms with van der Waals surface area (Å²) in [5.41, 5.74) is 2.00. The number of amides is 1. The lowest BCUT2D eigenvalue weighted by molar-refractivity contribution is -0.136. The Kier molecular flexibility index (Phi) is 5.31. The first-order valence-electron chi connectivity index (χ1n) is 7.52. The van der Waals surface area contributed by atoms with Crippen molar-refractivity contribution in [3.05, 3.63) is 71.5 Å². The molecule has 1 aliphatic rings. The van der Waals surface area contributed by atoms with E-state index in [1.165, 1.54) is 12.1 Å². The van der Waals surface area contributed by atoms with Crippen molar-refractivity contribution in [1.29, 1.82) is 0 Å². The number of carbonyl (C=O) groups is 1. The number of rotatable bonds is 5. The van der Waals surface area contributed by atoms with E-state index in [-0.39, 0.29) is 23.7 Å². The zero-order valence-electron chi connectivity index (χ0n) is 12.7. The van der Waals surface area contributed by atoms with Gasteiger partial charge in [0.2, 0.25) is 5.91 Å². The number of carbonyl (C=O) groups excluding carboxylic acids is 1. The molecule has 1 atom stereocenters. The molecule has 2 aromatic rings. The van der Waals surface area contributed by atoms with Gasteiger partial charge in [-0.25, -0.2) is 4.39 Å². The average Bonchev–Trinajstić information content (AvgIpc) is 3.06. The van der Waals surface area contributed by atoms with Gasteiger partial charge in [-0.05, 0) is 23.3 Å². The first-order valence-corrected chi connectivity index (χ1v) is 8.57. The average molecular weight is 331 g/mol. The predicted octanol–water partition coefficient (Wildman–Crippen LogP) is 3.62. The zero-order chi connectivity index (χ0) is 16.1. The van der Waals surface area contributed by atoms with Crippen molar-refractivity contribution in [3.8, 4) is 0 Å². The maximum Gasteiger partial charge on any atom is 0.249 e. The van der Waals surface area contributed by atoms with Crippen molar-refractivity contribution in [2.24, 2.45) is 0 Å². The van der Waals surface area contributed by atoms with Crippen molar-refractivity contribution in [3.63, 3.8) is 0 Å². The molecule has 23 heavy (non-hydrogen) atoms. The van der Waals surface area contributed by atoms with E-state index in [1.54, 1.807) is 23.9 Å². The van der Waals surface area contributed by atoms with Crippen LogP contribution in [0.4, 0.5) is 4.39 Å². The predicted molar refractivity (Wildman–Crippen MR) is 89.4 cm³/mol. The Balaban J connectivity index is 1.56. The van der Waals surface area contributed by atoms with E-state index in [9.17, 15) is 9.18 Å². The highest BCUT2D eigenvalue weighted by Gasteiger charge is 2.30.